The smallest absolute Gasteiger partial charge is 0.287 e. The second-order valence-electron chi connectivity index (χ2n) is 5.17. The van der Waals surface area contributed by atoms with Crippen LogP contribution in [0.4, 0.5) is 5.69 Å². The summed E-state index contributed by atoms with van der Waals surface area (Å²) >= 11 is 0. The molecular weight excluding hydrogens is 266 g/mol. The first-order chi connectivity index (χ1) is 9.24. The van der Waals surface area contributed by atoms with Gasteiger partial charge in [0.2, 0.25) is 0 Å². The number of carbonyl (C=O) groups excluding carboxylic acids is 1. The Morgan fingerprint density at radius 1 is 1.50 bits per heavy atom. The van der Waals surface area contributed by atoms with Gasteiger partial charge < -0.3 is 20.1 Å². The van der Waals surface area contributed by atoms with E-state index >= 15 is 0 Å². The first-order valence-corrected chi connectivity index (χ1v) is 6.14. The van der Waals surface area contributed by atoms with Crippen LogP contribution >= 0.6 is 0 Å². The fraction of sp³-hybridized carbons (Fsp3) is 0.583. The second-order valence-corrected chi connectivity index (χ2v) is 5.17. The van der Waals surface area contributed by atoms with Gasteiger partial charge >= 0.3 is 0 Å². The van der Waals surface area contributed by atoms with Crippen LogP contribution in [0, 0.1) is 10.1 Å². The Bertz CT molecular complexity index is 505. The van der Waals surface area contributed by atoms with Gasteiger partial charge in [-0.25, -0.2) is 0 Å². The summed E-state index contributed by atoms with van der Waals surface area (Å²) in [6, 6.07) is 1.03. The van der Waals surface area contributed by atoms with Gasteiger partial charge in [-0.3, -0.25) is 14.9 Å². The molecular formula is C12H19N3O5. The number of hydrogen-bond donors (Lipinski definition) is 3. The molecule has 0 bridgehead atoms. The van der Waals surface area contributed by atoms with Crippen LogP contribution in [-0.4, -0.2) is 44.4 Å². The van der Waals surface area contributed by atoms with Gasteiger partial charge in [0.05, 0.1) is 29.9 Å². The van der Waals surface area contributed by atoms with Gasteiger partial charge in [-0.05, 0) is 20.8 Å². The standard InChI is InChI=1S/C12H19N3O5/c1-8(2)14-5-9(15(19)20)4-10(14)11(18)13-12(3,6-16)7-17/h4-5,8,16-17H,6-7H2,1-3H3,(H,13,18). The second kappa shape index (κ2) is 6.02. The van der Waals surface area contributed by atoms with E-state index in [-0.39, 0.29) is 17.4 Å². The Balaban J connectivity index is 3.12. The molecule has 3 N–H and O–H groups in total. The number of rotatable bonds is 6. The van der Waals surface area contributed by atoms with Gasteiger partial charge in [0.25, 0.3) is 11.6 Å². The van der Waals surface area contributed by atoms with Crippen molar-refractivity contribution in [2.24, 2.45) is 0 Å². The average Bonchev–Trinajstić information content (AvgIpc) is 2.84. The number of hydrogen-bond acceptors (Lipinski definition) is 5. The Hall–Kier alpha value is -1.93. The molecule has 0 saturated carbocycles. The molecule has 0 atom stereocenters. The average molecular weight is 285 g/mol. The molecule has 0 spiro atoms. The minimum Gasteiger partial charge on any atom is -0.394 e. The molecule has 0 aliphatic carbocycles. The molecule has 1 rings (SSSR count). The van der Waals surface area contributed by atoms with Crippen molar-refractivity contribution >= 4 is 11.6 Å². The van der Waals surface area contributed by atoms with Gasteiger partial charge in [-0.1, -0.05) is 0 Å². The lowest BCUT2D eigenvalue weighted by molar-refractivity contribution is -0.384. The zero-order chi connectivity index (χ0) is 15.5. The van der Waals surface area contributed by atoms with E-state index in [1.165, 1.54) is 23.8 Å². The molecule has 1 amide bonds. The Morgan fingerprint density at radius 3 is 2.45 bits per heavy atom. The van der Waals surface area contributed by atoms with E-state index in [0.29, 0.717) is 0 Å². The summed E-state index contributed by atoms with van der Waals surface area (Å²) in [5.74, 6) is -0.586. The summed E-state index contributed by atoms with van der Waals surface area (Å²) < 4.78 is 1.47. The van der Waals surface area contributed by atoms with Gasteiger partial charge in [0.1, 0.15) is 5.69 Å². The van der Waals surface area contributed by atoms with Crippen molar-refractivity contribution in [2.75, 3.05) is 13.2 Å². The highest BCUT2D eigenvalue weighted by molar-refractivity contribution is 5.94. The van der Waals surface area contributed by atoms with Crippen LogP contribution < -0.4 is 5.32 Å². The van der Waals surface area contributed by atoms with E-state index in [1.807, 2.05) is 0 Å². The summed E-state index contributed by atoms with van der Waals surface area (Å²) in [4.78, 5) is 22.4. The Labute approximate surface area is 116 Å². The maximum atomic E-state index is 12.2. The molecule has 112 valence electrons. The quantitative estimate of drug-likeness (QED) is 0.518. The minimum absolute atomic E-state index is 0.111. The van der Waals surface area contributed by atoms with E-state index in [0.717, 1.165) is 0 Å². The molecule has 0 radical (unpaired) electrons. The molecule has 8 nitrogen and oxygen atoms in total. The zero-order valence-electron chi connectivity index (χ0n) is 11.7. The first kappa shape index (κ1) is 16.1. The maximum absolute atomic E-state index is 12.2. The third kappa shape index (κ3) is 3.34. The van der Waals surface area contributed by atoms with Gasteiger partial charge in [0.15, 0.2) is 0 Å². The van der Waals surface area contributed by atoms with Crippen LogP contribution in [0.3, 0.4) is 0 Å². The van der Waals surface area contributed by atoms with Gasteiger partial charge in [-0.15, -0.1) is 0 Å². The van der Waals surface area contributed by atoms with E-state index in [1.54, 1.807) is 13.8 Å². The van der Waals surface area contributed by atoms with Crippen molar-refractivity contribution in [3.8, 4) is 0 Å². The topological polar surface area (TPSA) is 118 Å². The fourth-order valence-electron chi connectivity index (χ4n) is 1.64. The van der Waals surface area contributed by atoms with E-state index in [2.05, 4.69) is 5.32 Å². The molecule has 1 heterocycles. The summed E-state index contributed by atoms with van der Waals surface area (Å²) in [5.41, 5.74) is -1.25. The number of nitro groups is 1. The van der Waals surface area contributed by atoms with Crippen molar-refractivity contribution in [2.45, 2.75) is 32.4 Å². The van der Waals surface area contributed by atoms with Crippen molar-refractivity contribution in [1.29, 1.82) is 0 Å². The Morgan fingerprint density at radius 2 is 2.05 bits per heavy atom. The summed E-state index contributed by atoms with van der Waals surface area (Å²) in [6.45, 7) is 4.16. The zero-order valence-corrected chi connectivity index (χ0v) is 11.7. The predicted octanol–water partition coefficient (Wildman–Crippen LogP) is 0.450. The van der Waals surface area contributed by atoms with Crippen molar-refractivity contribution < 1.29 is 19.9 Å². The summed E-state index contributed by atoms with van der Waals surface area (Å²) in [5, 5.41) is 31.6. The maximum Gasteiger partial charge on any atom is 0.287 e. The first-order valence-electron chi connectivity index (χ1n) is 6.14. The molecule has 0 aliphatic rings. The SMILES string of the molecule is CC(C)n1cc([N+](=O)[O-])cc1C(=O)NC(C)(CO)CO. The lowest BCUT2D eigenvalue weighted by atomic mass is 10.1. The van der Waals surface area contributed by atoms with Gasteiger partial charge in [-0.2, -0.15) is 0 Å². The summed E-state index contributed by atoms with van der Waals surface area (Å²) in [7, 11) is 0. The molecule has 1 aromatic rings. The predicted molar refractivity (Wildman–Crippen MR) is 71.5 cm³/mol. The number of amides is 1. The molecule has 0 unspecified atom stereocenters. The fourth-order valence-corrected chi connectivity index (χ4v) is 1.64. The summed E-state index contributed by atoms with van der Waals surface area (Å²) in [6.07, 6.45) is 1.29. The largest absolute Gasteiger partial charge is 0.394 e. The number of aliphatic hydroxyl groups is 2. The van der Waals surface area contributed by atoms with Crippen LogP contribution in [0.5, 0.6) is 0 Å². The van der Waals surface area contributed by atoms with E-state index in [9.17, 15) is 14.9 Å². The molecule has 0 aromatic carbocycles. The number of nitrogens with one attached hydrogen (secondary N) is 1. The number of nitrogens with zero attached hydrogens (tertiary/aromatic N) is 2. The Kier molecular flexibility index (Phi) is 4.85. The third-order valence-corrected chi connectivity index (χ3v) is 2.95. The number of carbonyl (C=O) groups is 1. The minimum atomic E-state index is -1.18. The molecule has 20 heavy (non-hydrogen) atoms. The van der Waals surface area contributed by atoms with Gasteiger partial charge in [0, 0.05) is 12.1 Å². The monoisotopic (exact) mass is 285 g/mol. The van der Waals surface area contributed by atoms with Crippen LogP contribution in [0.15, 0.2) is 12.3 Å². The number of aromatic nitrogens is 1. The highest BCUT2D eigenvalue weighted by atomic mass is 16.6. The third-order valence-electron chi connectivity index (χ3n) is 2.95. The van der Waals surface area contributed by atoms with E-state index in [4.69, 9.17) is 10.2 Å². The van der Waals surface area contributed by atoms with Crippen LogP contribution in [0.1, 0.15) is 37.3 Å². The van der Waals surface area contributed by atoms with Crippen LogP contribution in [-0.2, 0) is 0 Å². The lowest BCUT2D eigenvalue weighted by Crippen LogP contribution is -2.52. The number of aliphatic hydroxyl groups excluding tert-OH is 2. The van der Waals surface area contributed by atoms with Crippen LogP contribution in [0.25, 0.3) is 0 Å². The van der Waals surface area contributed by atoms with Crippen molar-refractivity contribution in [1.82, 2.24) is 9.88 Å². The molecule has 8 heteroatoms. The normalized spacial score (nSPS) is 11.7. The van der Waals surface area contributed by atoms with E-state index < -0.39 is 29.6 Å². The molecule has 1 aromatic heterocycles. The molecule has 0 saturated heterocycles. The lowest BCUT2D eigenvalue weighted by Gasteiger charge is -2.26. The highest BCUT2D eigenvalue weighted by Crippen LogP contribution is 2.21. The molecule has 0 aliphatic heterocycles. The van der Waals surface area contributed by atoms with Crippen molar-refractivity contribution in [3.05, 3.63) is 28.1 Å². The molecule has 0 fully saturated rings. The highest BCUT2D eigenvalue weighted by Gasteiger charge is 2.28. The van der Waals surface area contributed by atoms with Crippen LogP contribution in [0.2, 0.25) is 0 Å². The van der Waals surface area contributed by atoms with Crippen molar-refractivity contribution in [3.63, 3.8) is 0 Å².